The van der Waals surface area contributed by atoms with Gasteiger partial charge in [-0.3, -0.25) is 10.2 Å². The van der Waals surface area contributed by atoms with Crippen LogP contribution < -0.4 is 10.9 Å². The van der Waals surface area contributed by atoms with Gasteiger partial charge in [0, 0.05) is 11.3 Å². The van der Waals surface area contributed by atoms with Crippen LogP contribution in [0.15, 0.2) is 11.3 Å². The molecule has 1 aliphatic carbocycles. The first-order valence-electron chi connectivity index (χ1n) is 4.79. The first-order chi connectivity index (χ1) is 7.86. The van der Waals surface area contributed by atoms with Crippen molar-refractivity contribution in [1.82, 2.24) is 10.9 Å². The SMILES string of the molecule is COC(=O)NNC1=C(C(=O)C(F)(F)F)CCC1. The first kappa shape index (κ1) is 13.3. The van der Waals surface area contributed by atoms with Gasteiger partial charge in [-0.1, -0.05) is 0 Å². The van der Waals surface area contributed by atoms with Crippen LogP contribution in [-0.2, 0) is 9.53 Å². The summed E-state index contributed by atoms with van der Waals surface area (Å²) < 4.78 is 40.9. The highest BCUT2D eigenvalue weighted by atomic mass is 19.4. The topological polar surface area (TPSA) is 67.4 Å². The number of alkyl halides is 3. The van der Waals surface area contributed by atoms with Crippen molar-refractivity contribution in [3.05, 3.63) is 11.3 Å². The molecule has 0 aromatic carbocycles. The standard InChI is InChI=1S/C9H11F3N2O3/c1-17-8(16)14-13-6-4-2-3-5(6)7(15)9(10,11)12/h13H,2-4H2,1H3,(H,14,16). The molecule has 8 heteroatoms. The highest BCUT2D eigenvalue weighted by Crippen LogP contribution is 2.30. The number of carbonyl (C=O) groups is 2. The van der Waals surface area contributed by atoms with Crippen LogP contribution in [0.25, 0.3) is 0 Å². The molecule has 0 aromatic heterocycles. The van der Waals surface area contributed by atoms with E-state index < -0.39 is 18.1 Å². The molecule has 1 amide bonds. The third-order valence-electron chi connectivity index (χ3n) is 2.25. The molecule has 0 unspecified atom stereocenters. The maximum absolute atomic E-state index is 12.2. The minimum absolute atomic E-state index is 0.0452. The number of rotatable bonds is 3. The highest BCUT2D eigenvalue weighted by Gasteiger charge is 2.42. The van der Waals surface area contributed by atoms with E-state index in [1.165, 1.54) is 0 Å². The molecule has 0 fully saturated rings. The van der Waals surface area contributed by atoms with Crippen LogP contribution >= 0.6 is 0 Å². The number of methoxy groups -OCH3 is 1. The zero-order chi connectivity index (χ0) is 13.1. The minimum Gasteiger partial charge on any atom is -0.452 e. The second-order valence-corrected chi connectivity index (χ2v) is 3.38. The summed E-state index contributed by atoms with van der Waals surface area (Å²) in [5, 5.41) is 0. The van der Waals surface area contributed by atoms with E-state index in [1.807, 2.05) is 5.43 Å². The van der Waals surface area contributed by atoms with Crippen molar-refractivity contribution in [1.29, 1.82) is 0 Å². The fraction of sp³-hybridized carbons (Fsp3) is 0.556. The van der Waals surface area contributed by atoms with E-state index in [0.717, 1.165) is 7.11 Å². The molecule has 0 aliphatic heterocycles. The molecule has 0 radical (unpaired) electrons. The molecule has 2 N–H and O–H groups in total. The van der Waals surface area contributed by atoms with Crippen LogP contribution in [0, 0.1) is 0 Å². The highest BCUT2D eigenvalue weighted by molar-refractivity contribution is 6.00. The molecule has 1 aliphatic rings. The van der Waals surface area contributed by atoms with Crippen molar-refractivity contribution >= 4 is 11.9 Å². The number of allylic oxidation sites excluding steroid dienone is 2. The lowest BCUT2D eigenvalue weighted by molar-refractivity contribution is -0.166. The van der Waals surface area contributed by atoms with Crippen LogP contribution in [0.5, 0.6) is 0 Å². The first-order valence-corrected chi connectivity index (χ1v) is 4.79. The zero-order valence-corrected chi connectivity index (χ0v) is 8.98. The normalized spacial score (nSPS) is 15.8. The minimum atomic E-state index is -4.89. The zero-order valence-electron chi connectivity index (χ0n) is 8.98. The Hall–Kier alpha value is -1.73. The number of hydrogen-bond donors (Lipinski definition) is 2. The monoisotopic (exact) mass is 252 g/mol. The number of carbonyl (C=O) groups excluding carboxylic acids is 2. The molecule has 1 rings (SSSR count). The lowest BCUT2D eigenvalue weighted by Crippen LogP contribution is -2.37. The van der Waals surface area contributed by atoms with Gasteiger partial charge in [-0.25, -0.2) is 10.2 Å². The van der Waals surface area contributed by atoms with Crippen molar-refractivity contribution in [3.8, 4) is 0 Å². The molecule has 0 spiro atoms. The summed E-state index contributed by atoms with van der Waals surface area (Å²) in [5.74, 6) is -1.87. The fourth-order valence-corrected chi connectivity index (χ4v) is 1.48. The predicted octanol–water partition coefficient (Wildman–Crippen LogP) is 1.42. The summed E-state index contributed by atoms with van der Waals surface area (Å²) in [5.41, 5.74) is 4.03. The molecule has 5 nitrogen and oxygen atoms in total. The Morgan fingerprint density at radius 3 is 2.47 bits per heavy atom. The number of nitrogens with one attached hydrogen (secondary N) is 2. The summed E-state index contributed by atoms with van der Waals surface area (Å²) in [6.07, 6.45) is -4.98. The van der Waals surface area contributed by atoms with Crippen molar-refractivity contribution in [2.45, 2.75) is 25.4 Å². The summed E-state index contributed by atoms with van der Waals surface area (Å²) in [4.78, 5) is 21.7. The maximum atomic E-state index is 12.2. The summed E-state index contributed by atoms with van der Waals surface area (Å²) in [7, 11) is 1.11. The molecule has 17 heavy (non-hydrogen) atoms. The van der Waals surface area contributed by atoms with Gasteiger partial charge < -0.3 is 4.74 Å². The van der Waals surface area contributed by atoms with Gasteiger partial charge in [0.25, 0.3) is 5.78 Å². The summed E-state index contributed by atoms with van der Waals surface area (Å²) in [6, 6.07) is 0. The average molecular weight is 252 g/mol. The van der Waals surface area contributed by atoms with Gasteiger partial charge in [-0.05, 0) is 19.3 Å². The molecule has 0 aromatic rings. The van der Waals surface area contributed by atoms with E-state index in [1.54, 1.807) is 0 Å². The number of ketones is 1. The Kier molecular flexibility index (Phi) is 3.97. The number of Topliss-reactive ketones (excluding diaryl/α,β-unsaturated/α-hetero) is 1. The van der Waals surface area contributed by atoms with Crippen molar-refractivity contribution < 1.29 is 27.5 Å². The molecule has 0 saturated carbocycles. The molecular formula is C9H11F3N2O3. The van der Waals surface area contributed by atoms with Crippen LogP contribution in [0.1, 0.15) is 19.3 Å². The number of halogens is 3. The number of ether oxygens (including phenoxy) is 1. The Labute approximate surface area is 95.0 Å². The van der Waals surface area contributed by atoms with E-state index in [4.69, 9.17) is 0 Å². The largest absolute Gasteiger partial charge is 0.454 e. The van der Waals surface area contributed by atoms with E-state index >= 15 is 0 Å². The predicted molar refractivity (Wildman–Crippen MR) is 50.6 cm³/mol. The molecule has 0 heterocycles. The van der Waals surface area contributed by atoms with Gasteiger partial charge in [0.05, 0.1) is 7.11 Å². The summed E-state index contributed by atoms with van der Waals surface area (Å²) in [6.45, 7) is 0. The summed E-state index contributed by atoms with van der Waals surface area (Å²) >= 11 is 0. The van der Waals surface area contributed by atoms with E-state index in [2.05, 4.69) is 10.2 Å². The Bertz CT molecular complexity index is 363. The van der Waals surface area contributed by atoms with Crippen LogP contribution in [0.4, 0.5) is 18.0 Å². The van der Waals surface area contributed by atoms with Crippen molar-refractivity contribution in [3.63, 3.8) is 0 Å². The molecule has 0 saturated heterocycles. The average Bonchev–Trinajstić information content (AvgIpc) is 2.71. The van der Waals surface area contributed by atoms with Crippen molar-refractivity contribution in [2.75, 3.05) is 7.11 Å². The lowest BCUT2D eigenvalue weighted by Gasteiger charge is -2.11. The van der Waals surface area contributed by atoms with Gasteiger partial charge in [-0.15, -0.1) is 0 Å². The van der Waals surface area contributed by atoms with Gasteiger partial charge in [0.1, 0.15) is 0 Å². The third-order valence-corrected chi connectivity index (χ3v) is 2.25. The van der Waals surface area contributed by atoms with Crippen LogP contribution in [-0.4, -0.2) is 25.2 Å². The van der Waals surface area contributed by atoms with E-state index in [-0.39, 0.29) is 24.1 Å². The van der Waals surface area contributed by atoms with E-state index in [9.17, 15) is 22.8 Å². The van der Waals surface area contributed by atoms with E-state index in [0.29, 0.717) is 6.42 Å². The quantitative estimate of drug-likeness (QED) is 0.745. The Morgan fingerprint density at radius 2 is 1.94 bits per heavy atom. The van der Waals surface area contributed by atoms with Gasteiger partial charge >= 0.3 is 12.3 Å². The Balaban J connectivity index is 2.74. The number of hydrazine groups is 1. The maximum Gasteiger partial charge on any atom is 0.454 e. The second kappa shape index (κ2) is 5.07. The van der Waals surface area contributed by atoms with Crippen LogP contribution in [0.3, 0.4) is 0 Å². The molecule has 0 bridgehead atoms. The van der Waals surface area contributed by atoms with Gasteiger partial charge in [-0.2, -0.15) is 13.2 Å². The fourth-order valence-electron chi connectivity index (χ4n) is 1.48. The number of hydrogen-bond acceptors (Lipinski definition) is 4. The second-order valence-electron chi connectivity index (χ2n) is 3.38. The molecule has 96 valence electrons. The van der Waals surface area contributed by atoms with Crippen molar-refractivity contribution in [2.24, 2.45) is 0 Å². The van der Waals surface area contributed by atoms with Crippen LogP contribution in [0.2, 0.25) is 0 Å². The van der Waals surface area contributed by atoms with Gasteiger partial charge in [0.2, 0.25) is 0 Å². The third kappa shape index (κ3) is 3.36. The van der Waals surface area contributed by atoms with Gasteiger partial charge in [0.15, 0.2) is 0 Å². The molecule has 0 atom stereocenters. The number of amides is 1. The smallest absolute Gasteiger partial charge is 0.452 e. The Morgan fingerprint density at radius 1 is 1.29 bits per heavy atom. The molecular weight excluding hydrogens is 241 g/mol. The lowest BCUT2D eigenvalue weighted by atomic mass is 10.1.